The summed E-state index contributed by atoms with van der Waals surface area (Å²) in [5.41, 5.74) is 5.59. The number of aryl methyl sites for hydroxylation is 3. The van der Waals surface area contributed by atoms with E-state index in [0.29, 0.717) is 41.3 Å². The highest BCUT2D eigenvalue weighted by Crippen LogP contribution is 2.27. The van der Waals surface area contributed by atoms with Crippen LogP contribution in [0.5, 0.6) is 11.5 Å². The molecule has 3 aromatic rings. The number of nitrogens with one attached hydrogen (secondary N) is 2. The second-order valence-electron chi connectivity index (χ2n) is 7.95. The van der Waals surface area contributed by atoms with E-state index in [4.69, 9.17) is 9.47 Å². The predicted octanol–water partition coefficient (Wildman–Crippen LogP) is 4.85. The van der Waals surface area contributed by atoms with Gasteiger partial charge in [0.15, 0.2) is 11.5 Å². The number of carbonyl (C=O) groups is 2. The topological polar surface area (TPSA) is 76.7 Å². The second kappa shape index (κ2) is 10.7. The summed E-state index contributed by atoms with van der Waals surface area (Å²) >= 11 is 0. The van der Waals surface area contributed by atoms with E-state index in [-0.39, 0.29) is 11.8 Å². The van der Waals surface area contributed by atoms with Crippen LogP contribution in [0.25, 0.3) is 0 Å². The fourth-order valence-electron chi connectivity index (χ4n) is 3.64. The van der Waals surface area contributed by atoms with Crippen molar-refractivity contribution in [3.63, 3.8) is 0 Å². The van der Waals surface area contributed by atoms with Crippen molar-refractivity contribution in [2.75, 3.05) is 26.1 Å². The van der Waals surface area contributed by atoms with Gasteiger partial charge in [0.1, 0.15) is 0 Å². The van der Waals surface area contributed by atoms with Crippen molar-refractivity contribution in [3.05, 3.63) is 88.0 Å². The lowest BCUT2D eigenvalue weighted by Gasteiger charge is -2.14. The zero-order valence-corrected chi connectivity index (χ0v) is 19.7. The Balaban J connectivity index is 1.68. The van der Waals surface area contributed by atoms with Crippen molar-refractivity contribution in [2.24, 2.45) is 0 Å². The molecular formula is C27H30N2O4. The van der Waals surface area contributed by atoms with Gasteiger partial charge in [-0.05, 0) is 79.8 Å². The third-order valence-electron chi connectivity index (χ3n) is 5.65. The molecule has 0 atom stereocenters. The van der Waals surface area contributed by atoms with E-state index < -0.39 is 0 Å². The van der Waals surface area contributed by atoms with E-state index in [9.17, 15) is 9.59 Å². The molecule has 3 aromatic carbocycles. The summed E-state index contributed by atoms with van der Waals surface area (Å²) in [5, 5.41) is 5.83. The summed E-state index contributed by atoms with van der Waals surface area (Å²) in [7, 11) is 3.18. The number of carbonyl (C=O) groups excluding carboxylic acids is 2. The molecule has 6 nitrogen and oxygen atoms in total. The molecule has 0 radical (unpaired) electrons. The SMILES string of the molecule is COc1ccc(CCNC(=O)c2ccccc2NC(=O)c2cc(C)c(C)cc2C)cc1OC. The molecule has 0 saturated heterocycles. The summed E-state index contributed by atoms with van der Waals surface area (Å²) in [6.45, 7) is 6.35. The Morgan fingerprint density at radius 3 is 2.18 bits per heavy atom. The van der Waals surface area contributed by atoms with Crippen LogP contribution in [-0.4, -0.2) is 32.6 Å². The van der Waals surface area contributed by atoms with Crippen molar-refractivity contribution < 1.29 is 19.1 Å². The molecule has 6 heteroatoms. The average Bonchev–Trinajstić information content (AvgIpc) is 2.81. The Hall–Kier alpha value is -3.80. The van der Waals surface area contributed by atoms with Crippen LogP contribution < -0.4 is 20.1 Å². The van der Waals surface area contributed by atoms with Crippen LogP contribution in [-0.2, 0) is 6.42 Å². The fourth-order valence-corrected chi connectivity index (χ4v) is 3.64. The van der Waals surface area contributed by atoms with Gasteiger partial charge in [0, 0.05) is 12.1 Å². The first kappa shape index (κ1) is 23.9. The zero-order valence-electron chi connectivity index (χ0n) is 19.7. The van der Waals surface area contributed by atoms with Crippen LogP contribution in [0.4, 0.5) is 5.69 Å². The molecule has 0 aliphatic carbocycles. The number of rotatable bonds is 8. The van der Waals surface area contributed by atoms with Crippen LogP contribution in [0.1, 0.15) is 43.0 Å². The minimum atomic E-state index is -0.247. The molecule has 0 unspecified atom stereocenters. The third kappa shape index (κ3) is 5.71. The van der Waals surface area contributed by atoms with Gasteiger partial charge in [-0.2, -0.15) is 0 Å². The lowest BCUT2D eigenvalue weighted by Crippen LogP contribution is -2.27. The molecule has 33 heavy (non-hydrogen) atoms. The summed E-state index contributed by atoms with van der Waals surface area (Å²) in [4.78, 5) is 25.8. The van der Waals surface area contributed by atoms with E-state index in [1.54, 1.807) is 38.5 Å². The minimum Gasteiger partial charge on any atom is -0.493 e. The predicted molar refractivity (Wildman–Crippen MR) is 131 cm³/mol. The maximum absolute atomic E-state index is 12.9. The number of hydrogen-bond donors (Lipinski definition) is 2. The molecule has 0 bridgehead atoms. The minimum absolute atomic E-state index is 0.235. The molecule has 0 heterocycles. The zero-order chi connectivity index (χ0) is 24.0. The van der Waals surface area contributed by atoms with Crippen molar-refractivity contribution >= 4 is 17.5 Å². The first-order valence-electron chi connectivity index (χ1n) is 10.8. The van der Waals surface area contributed by atoms with Gasteiger partial charge in [-0.1, -0.05) is 24.3 Å². The maximum Gasteiger partial charge on any atom is 0.255 e. The Bertz CT molecular complexity index is 1170. The molecule has 0 saturated carbocycles. The summed E-state index contributed by atoms with van der Waals surface area (Å²) in [6, 6.07) is 16.6. The van der Waals surface area contributed by atoms with Crippen LogP contribution in [0.3, 0.4) is 0 Å². The van der Waals surface area contributed by atoms with Gasteiger partial charge in [-0.15, -0.1) is 0 Å². The van der Waals surface area contributed by atoms with Gasteiger partial charge < -0.3 is 20.1 Å². The lowest BCUT2D eigenvalue weighted by molar-refractivity contribution is 0.0955. The maximum atomic E-state index is 12.9. The van der Waals surface area contributed by atoms with Crippen molar-refractivity contribution in [1.29, 1.82) is 0 Å². The van der Waals surface area contributed by atoms with Crippen molar-refractivity contribution in [1.82, 2.24) is 5.32 Å². The van der Waals surface area contributed by atoms with Gasteiger partial charge in [0.05, 0.1) is 25.5 Å². The molecule has 172 valence electrons. The molecule has 0 aliphatic rings. The standard InChI is InChI=1S/C27H30N2O4/c1-17-14-19(3)22(15-18(17)2)27(31)29-23-9-7-6-8-21(23)26(30)28-13-12-20-10-11-24(32-4)25(16-20)33-5/h6-11,14-16H,12-13H2,1-5H3,(H,28,30)(H,29,31). The van der Waals surface area contributed by atoms with Crippen molar-refractivity contribution in [3.8, 4) is 11.5 Å². The van der Waals surface area contributed by atoms with Crippen molar-refractivity contribution in [2.45, 2.75) is 27.2 Å². The highest BCUT2D eigenvalue weighted by atomic mass is 16.5. The van der Waals surface area contributed by atoms with Gasteiger partial charge >= 0.3 is 0 Å². The van der Waals surface area contributed by atoms with E-state index in [1.165, 1.54) is 0 Å². The van der Waals surface area contributed by atoms with E-state index in [1.807, 2.05) is 51.1 Å². The number of hydrogen-bond acceptors (Lipinski definition) is 4. The van der Waals surface area contributed by atoms with Gasteiger partial charge in [-0.3, -0.25) is 9.59 Å². The molecule has 0 aliphatic heterocycles. The van der Waals surface area contributed by atoms with E-state index in [2.05, 4.69) is 10.6 Å². The lowest BCUT2D eigenvalue weighted by atomic mass is 10.00. The molecule has 0 aromatic heterocycles. The van der Waals surface area contributed by atoms with E-state index >= 15 is 0 Å². The Kier molecular flexibility index (Phi) is 7.72. The third-order valence-corrected chi connectivity index (χ3v) is 5.65. The first-order chi connectivity index (χ1) is 15.8. The first-order valence-corrected chi connectivity index (χ1v) is 10.8. The Morgan fingerprint density at radius 2 is 1.45 bits per heavy atom. The Morgan fingerprint density at radius 1 is 0.758 bits per heavy atom. The summed E-state index contributed by atoms with van der Waals surface area (Å²) in [6.07, 6.45) is 0.627. The fraction of sp³-hybridized carbons (Fsp3) is 0.259. The smallest absolute Gasteiger partial charge is 0.255 e. The monoisotopic (exact) mass is 446 g/mol. The molecule has 3 rings (SSSR count). The van der Waals surface area contributed by atoms with Gasteiger partial charge in [0.25, 0.3) is 11.8 Å². The number of ether oxygens (including phenoxy) is 2. The molecule has 0 spiro atoms. The average molecular weight is 447 g/mol. The number of methoxy groups -OCH3 is 2. The molecule has 2 N–H and O–H groups in total. The van der Waals surface area contributed by atoms with Gasteiger partial charge in [0.2, 0.25) is 0 Å². The number of para-hydroxylation sites is 1. The summed E-state index contributed by atoms with van der Waals surface area (Å²) in [5.74, 6) is 0.828. The number of amides is 2. The van der Waals surface area contributed by atoms with Crippen LogP contribution in [0.15, 0.2) is 54.6 Å². The van der Waals surface area contributed by atoms with Crippen LogP contribution in [0, 0.1) is 20.8 Å². The van der Waals surface area contributed by atoms with E-state index in [0.717, 1.165) is 22.3 Å². The molecular weight excluding hydrogens is 416 g/mol. The second-order valence-corrected chi connectivity index (χ2v) is 7.95. The summed E-state index contributed by atoms with van der Waals surface area (Å²) < 4.78 is 10.6. The highest BCUT2D eigenvalue weighted by molar-refractivity contribution is 6.09. The normalized spacial score (nSPS) is 10.5. The van der Waals surface area contributed by atoms with Crippen LogP contribution in [0.2, 0.25) is 0 Å². The molecule has 0 fully saturated rings. The number of benzene rings is 3. The molecule has 2 amide bonds. The van der Waals surface area contributed by atoms with Gasteiger partial charge in [-0.25, -0.2) is 0 Å². The van der Waals surface area contributed by atoms with Crippen LogP contribution >= 0.6 is 0 Å². The quantitative estimate of drug-likeness (QED) is 0.518. The highest BCUT2D eigenvalue weighted by Gasteiger charge is 2.16. The number of anilines is 1. The largest absolute Gasteiger partial charge is 0.493 e. The Labute approximate surface area is 194 Å².